The number of amides is 2. The van der Waals surface area contributed by atoms with Gasteiger partial charge in [0.2, 0.25) is 5.91 Å². The maximum absolute atomic E-state index is 12.5. The number of aryl methyl sites for hydroxylation is 3. The van der Waals surface area contributed by atoms with Crippen LogP contribution in [0.2, 0.25) is 0 Å². The van der Waals surface area contributed by atoms with Gasteiger partial charge in [-0.05, 0) is 55.7 Å². The van der Waals surface area contributed by atoms with Crippen molar-refractivity contribution in [3.8, 4) is 5.69 Å². The first-order chi connectivity index (χ1) is 13.9. The third-order valence-electron chi connectivity index (χ3n) is 4.42. The fourth-order valence-electron chi connectivity index (χ4n) is 3.20. The lowest BCUT2D eigenvalue weighted by Crippen LogP contribution is -2.23. The van der Waals surface area contributed by atoms with Crippen molar-refractivity contribution in [2.24, 2.45) is 0 Å². The number of hydrogen-bond donors (Lipinski definition) is 2. The maximum Gasteiger partial charge on any atom is 0.253 e. The van der Waals surface area contributed by atoms with Crippen LogP contribution in [-0.4, -0.2) is 34.2 Å². The van der Waals surface area contributed by atoms with Crippen LogP contribution in [0.3, 0.4) is 0 Å². The first kappa shape index (κ1) is 20.7. The highest BCUT2D eigenvalue weighted by molar-refractivity contribution is 7.99. The van der Waals surface area contributed by atoms with Gasteiger partial charge in [-0.3, -0.25) is 14.2 Å². The molecule has 2 amide bonds. The molecule has 0 unspecified atom stereocenters. The van der Waals surface area contributed by atoms with Gasteiger partial charge in [0.1, 0.15) is 0 Å². The molecule has 0 aliphatic heterocycles. The number of carbonyl (C=O) groups excluding carboxylic acids is 2. The van der Waals surface area contributed by atoms with E-state index in [4.69, 9.17) is 0 Å². The van der Waals surface area contributed by atoms with Gasteiger partial charge in [-0.15, -0.1) is 0 Å². The van der Waals surface area contributed by atoms with Gasteiger partial charge in [0.05, 0.1) is 17.0 Å². The van der Waals surface area contributed by atoms with Crippen LogP contribution in [0.25, 0.3) is 5.69 Å². The summed E-state index contributed by atoms with van der Waals surface area (Å²) in [6.07, 6.45) is 3.61. The predicted octanol–water partition coefficient (Wildman–Crippen LogP) is 3.89. The number of thioether (sulfide) groups is 1. The minimum absolute atomic E-state index is 0.183. The molecule has 150 valence electrons. The number of aromatic nitrogens is 2. The van der Waals surface area contributed by atoms with E-state index < -0.39 is 0 Å². The number of carbonyl (C=O) groups is 2. The topological polar surface area (TPSA) is 76.0 Å². The highest BCUT2D eigenvalue weighted by Gasteiger charge is 2.16. The van der Waals surface area contributed by atoms with E-state index in [1.165, 1.54) is 22.9 Å². The summed E-state index contributed by atoms with van der Waals surface area (Å²) in [6.45, 7) is 5.95. The Morgan fingerprint density at radius 3 is 2.52 bits per heavy atom. The average Bonchev–Trinajstić information content (AvgIpc) is 3.14. The highest BCUT2D eigenvalue weighted by atomic mass is 32.2. The van der Waals surface area contributed by atoms with Crippen molar-refractivity contribution in [3.05, 3.63) is 71.0 Å². The number of benzene rings is 2. The van der Waals surface area contributed by atoms with Crippen molar-refractivity contribution in [1.29, 1.82) is 0 Å². The predicted molar refractivity (Wildman–Crippen MR) is 117 cm³/mol. The van der Waals surface area contributed by atoms with Gasteiger partial charge in [-0.2, -0.15) is 0 Å². The van der Waals surface area contributed by atoms with E-state index in [9.17, 15) is 9.59 Å². The summed E-state index contributed by atoms with van der Waals surface area (Å²) >= 11 is 1.35. The quantitative estimate of drug-likeness (QED) is 0.607. The molecule has 2 N–H and O–H groups in total. The number of imidazole rings is 1. The van der Waals surface area contributed by atoms with Gasteiger partial charge < -0.3 is 10.6 Å². The van der Waals surface area contributed by atoms with Crippen LogP contribution >= 0.6 is 11.8 Å². The molecule has 0 aliphatic carbocycles. The molecule has 7 heteroatoms. The molecule has 1 aromatic heterocycles. The summed E-state index contributed by atoms with van der Waals surface area (Å²) in [4.78, 5) is 29.1. The Bertz CT molecular complexity index is 1040. The molecule has 29 heavy (non-hydrogen) atoms. The summed E-state index contributed by atoms with van der Waals surface area (Å²) < 4.78 is 1.97. The van der Waals surface area contributed by atoms with E-state index in [-0.39, 0.29) is 17.6 Å². The molecule has 0 aliphatic rings. The van der Waals surface area contributed by atoms with Gasteiger partial charge in [0.15, 0.2) is 5.16 Å². The Morgan fingerprint density at radius 2 is 1.83 bits per heavy atom. The molecule has 1 heterocycles. The van der Waals surface area contributed by atoms with E-state index >= 15 is 0 Å². The molecule has 0 radical (unpaired) electrons. The summed E-state index contributed by atoms with van der Waals surface area (Å²) in [7, 11) is 1.57. The monoisotopic (exact) mass is 408 g/mol. The Balaban J connectivity index is 1.73. The molecule has 0 fully saturated rings. The van der Waals surface area contributed by atoms with E-state index in [0.717, 1.165) is 16.4 Å². The number of anilines is 1. The molecular weight excluding hydrogens is 384 g/mol. The molecule has 0 bridgehead atoms. The van der Waals surface area contributed by atoms with Gasteiger partial charge in [-0.1, -0.05) is 30.0 Å². The zero-order valence-electron chi connectivity index (χ0n) is 16.9. The summed E-state index contributed by atoms with van der Waals surface area (Å²) in [5.41, 5.74) is 5.15. The second-order valence-electron chi connectivity index (χ2n) is 6.84. The van der Waals surface area contributed by atoms with Crippen LogP contribution in [0.1, 0.15) is 27.0 Å². The van der Waals surface area contributed by atoms with Crippen LogP contribution in [0.4, 0.5) is 5.69 Å². The first-order valence-corrected chi connectivity index (χ1v) is 10.2. The van der Waals surface area contributed by atoms with Gasteiger partial charge >= 0.3 is 0 Å². The Morgan fingerprint density at radius 1 is 1.10 bits per heavy atom. The Kier molecular flexibility index (Phi) is 6.39. The van der Waals surface area contributed by atoms with Crippen molar-refractivity contribution in [1.82, 2.24) is 14.9 Å². The molecule has 2 aromatic carbocycles. The molecular formula is C22H24N4O2S. The molecule has 0 spiro atoms. The first-order valence-electron chi connectivity index (χ1n) is 9.25. The van der Waals surface area contributed by atoms with Crippen molar-refractivity contribution < 1.29 is 9.59 Å². The van der Waals surface area contributed by atoms with Crippen LogP contribution in [0.15, 0.2) is 53.9 Å². The Labute approximate surface area is 174 Å². The van der Waals surface area contributed by atoms with Gasteiger partial charge in [0.25, 0.3) is 5.91 Å². The molecule has 0 saturated heterocycles. The molecule has 0 atom stereocenters. The number of nitrogens with zero attached hydrogens (tertiary/aromatic N) is 2. The molecule has 0 saturated carbocycles. The zero-order valence-corrected chi connectivity index (χ0v) is 17.8. The standard InChI is InChI=1S/C22H24N4O2S/c1-14-10-15(2)12-17(11-14)26-9-8-24-22(26)29-13-19(27)25-18-7-5-6-16(3)20(18)21(28)23-4/h5-12H,13H2,1-4H3,(H,23,28)(H,25,27). The van der Waals surface area contributed by atoms with Crippen LogP contribution in [0.5, 0.6) is 0 Å². The zero-order chi connectivity index (χ0) is 21.0. The van der Waals surface area contributed by atoms with Crippen LogP contribution in [-0.2, 0) is 4.79 Å². The molecule has 3 aromatic rings. The van der Waals surface area contributed by atoms with E-state index in [2.05, 4.69) is 47.7 Å². The maximum atomic E-state index is 12.5. The van der Waals surface area contributed by atoms with Crippen molar-refractivity contribution in [2.75, 3.05) is 18.1 Å². The van der Waals surface area contributed by atoms with E-state index in [0.29, 0.717) is 11.3 Å². The summed E-state index contributed by atoms with van der Waals surface area (Å²) in [5.74, 6) is -0.236. The number of rotatable bonds is 6. The number of nitrogens with one attached hydrogen (secondary N) is 2. The van der Waals surface area contributed by atoms with Gasteiger partial charge in [-0.25, -0.2) is 4.98 Å². The SMILES string of the molecule is CNC(=O)c1c(C)cccc1NC(=O)CSc1nccn1-c1cc(C)cc(C)c1. The van der Waals surface area contributed by atoms with Crippen LogP contribution in [0, 0.1) is 20.8 Å². The lowest BCUT2D eigenvalue weighted by Gasteiger charge is -2.13. The summed E-state index contributed by atoms with van der Waals surface area (Å²) in [6, 6.07) is 11.7. The highest BCUT2D eigenvalue weighted by Crippen LogP contribution is 2.24. The second kappa shape index (κ2) is 8.96. The van der Waals surface area contributed by atoms with Crippen molar-refractivity contribution >= 4 is 29.3 Å². The van der Waals surface area contributed by atoms with Gasteiger partial charge in [0, 0.05) is 25.1 Å². The fraction of sp³-hybridized carbons (Fsp3) is 0.227. The number of hydrogen-bond acceptors (Lipinski definition) is 4. The third kappa shape index (κ3) is 4.86. The lowest BCUT2D eigenvalue weighted by molar-refractivity contribution is -0.113. The van der Waals surface area contributed by atoms with E-state index in [1.807, 2.05) is 29.8 Å². The van der Waals surface area contributed by atoms with Crippen LogP contribution < -0.4 is 10.6 Å². The fourth-order valence-corrected chi connectivity index (χ4v) is 3.97. The smallest absolute Gasteiger partial charge is 0.253 e. The van der Waals surface area contributed by atoms with Crippen molar-refractivity contribution in [2.45, 2.75) is 25.9 Å². The van der Waals surface area contributed by atoms with E-state index in [1.54, 1.807) is 19.3 Å². The Hall–Kier alpha value is -3.06. The lowest BCUT2D eigenvalue weighted by atomic mass is 10.1. The minimum atomic E-state index is -0.226. The minimum Gasteiger partial charge on any atom is -0.355 e. The van der Waals surface area contributed by atoms with Crippen molar-refractivity contribution in [3.63, 3.8) is 0 Å². The third-order valence-corrected chi connectivity index (χ3v) is 5.39. The summed E-state index contributed by atoms with van der Waals surface area (Å²) in [5, 5.41) is 6.20. The largest absolute Gasteiger partial charge is 0.355 e. The molecule has 6 nitrogen and oxygen atoms in total. The second-order valence-corrected chi connectivity index (χ2v) is 7.78. The average molecular weight is 409 g/mol. The molecule has 3 rings (SSSR count). The normalized spacial score (nSPS) is 10.6.